The first-order valence-electron chi connectivity index (χ1n) is 1.55. The molecule has 0 aromatic rings. The van der Waals surface area contributed by atoms with Gasteiger partial charge >= 0.3 is 0 Å². The van der Waals surface area contributed by atoms with Crippen molar-refractivity contribution >= 4 is 15.5 Å². The number of hydrogen-bond donors (Lipinski definition) is 0. The number of hydrogen-bond acceptors (Lipinski definition) is 0. The molecule has 0 saturated carbocycles. The zero-order valence-corrected chi connectivity index (χ0v) is 4.91. The molecule has 0 aromatic carbocycles. The van der Waals surface area contributed by atoms with E-state index in [1.54, 1.807) is 0 Å². The lowest BCUT2D eigenvalue weighted by atomic mass is 10.4. The van der Waals surface area contributed by atoms with Crippen molar-refractivity contribution in [1.29, 1.82) is 0 Å². The monoisotopic (exact) mass is 84.0 g/mol. The van der Waals surface area contributed by atoms with Crippen LogP contribution in [-0.2, 0) is 0 Å². The van der Waals surface area contributed by atoms with E-state index in [1.165, 1.54) is 0 Å². The maximum absolute atomic E-state index is 3.62. The van der Waals surface area contributed by atoms with Gasteiger partial charge in [-0.15, -0.1) is 0 Å². The van der Waals surface area contributed by atoms with Crippen LogP contribution >= 0.6 is 0 Å². The second-order valence-corrected chi connectivity index (χ2v) is 1.46. The van der Waals surface area contributed by atoms with Gasteiger partial charge in [-0.1, -0.05) is 17.8 Å². The fourth-order valence-corrected chi connectivity index (χ4v) is 0. The molecule has 0 rings (SSSR count). The SMILES string of the molecule is C=C(C)C=[SiH2]. The minimum absolute atomic E-state index is 1.14. The Kier molecular flexibility index (Phi) is 2.02. The van der Waals surface area contributed by atoms with Crippen LogP contribution in [-0.4, -0.2) is 15.5 Å². The maximum Gasteiger partial charge on any atom is -0.0232 e. The van der Waals surface area contributed by atoms with Crippen LogP contribution in [0.3, 0.4) is 0 Å². The van der Waals surface area contributed by atoms with Crippen molar-refractivity contribution in [3.05, 3.63) is 12.2 Å². The van der Waals surface area contributed by atoms with Crippen molar-refractivity contribution in [3.8, 4) is 0 Å². The summed E-state index contributed by atoms with van der Waals surface area (Å²) in [5.41, 5.74) is 3.14. The van der Waals surface area contributed by atoms with Crippen LogP contribution in [0.25, 0.3) is 0 Å². The van der Waals surface area contributed by atoms with Crippen LogP contribution in [0.1, 0.15) is 6.92 Å². The Hall–Kier alpha value is -0.173. The van der Waals surface area contributed by atoms with Gasteiger partial charge in [0.05, 0.1) is 0 Å². The molecule has 0 nitrogen and oxygen atoms in total. The highest BCUT2D eigenvalue weighted by molar-refractivity contribution is 6.32. The summed E-state index contributed by atoms with van der Waals surface area (Å²) in [4.78, 5) is 0. The van der Waals surface area contributed by atoms with Gasteiger partial charge in [0, 0.05) is 0 Å². The molecule has 0 N–H and O–H groups in total. The molecule has 0 atom stereocenters. The molecule has 0 unspecified atom stereocenters. The summed E-state index contributed by atoms with van der Waals surface area (Å²) in [6.07, 6.45) is 0. The average molecular weight is 84.2 g/mol. The first-order chi connectivity index (χ1) is 2.27. The summed E-state index contributed by atoms with van der Waals surface area (Å²) < 4.78 is 0. The zero-order chi connectivity index (χ0) is 4.28. The molecule has 28 valence electrons. The van der Waals surface area contributed by atoms with Gasteiger partial charge in [0.15, 0.2) is 0 Å². The molecule has 0 heterocycles. The molecule has 0 aliphatic heterocycles. The zero-order valence-electron chi connectivity index (χ0n) is 3.49. The van der Waals surface area contributed by atoms with Crippen molar-refractivity contribution in [2.75, 3.05) is 0 Å². The Bertz CT molecular complexity index is 54.7. The van der Waals surface area contributed by atoms with Gasteiger partial charge in [0.2, 0.25) is 0 Å². The average Bonchev–Trinajstić information content (AvgIpc) is 1.38. The summed E-state index contributed by atoms with van der Waals surface area (Å²) in [5, 5.41) is 0. The Morgan fingerprint density at radius 1 is 2.00 bits per heavy atom. The van der Waals surface area contributed by atoms with Crippen molar-refractivity contribution in [2.24, 2.45) is 0 Å². The standard InChI is InChI=1S/C4H8Si/c1-4(2)3-5/h3H,1,5H2,2H3. The second-order valence-electron chi connectivity index (χ2n) is 1.05. The fourth-order valence-electron chi connectivity index (χ4n) is 0. The molecule has 0 aromatic heterocycles. The van der Waals surface area contributed by atoms with Gasteiger partial charge in [0.25, 0.3) is 0 Å². The summed E-state index contributed by atoms with van der Waals surface area (Å²) in [5.74, 6) is 0. The first kappa shape index (κ1) is 4.83. The van der Waals surface area contributed by atoms with E-state index in [9.17, 15) is 0 Å². The van der Waals surface area contributed by atoms with Crippen LogP contribution in [0.15, 0.2) is 12.2 Å². The Labute approximate surface area is 35.6 Å². The number of allylic oxidation sites excluding steroid dienone is 1. The third-order valence-electron chi connectivity index (χ3n) is 0.348. The van der Waals surface area contributed by atoms with E-state index < -0.39 is 0 Å². The molecule has 0 amide bonds. The highest BCUT2D eigenvalue weighted by Gasteiger charge is 1.59. The van der Waals surface area contributed by atoms with Crippen molar-refractivity contribution in [3.63, 3.8) is 0 Å². The predicted octanol–water partition coefficient (Wildman–Crippen LogP) is -0.00220. The van der Waals surface area contributed by atoms with Crippen molar-refractivity contribution in [1.82, 2.24) is 0 Å². The van der Waals surface area contributed by atoms with E-state index >= 15 is 0 Å². The second kappa shape index (κ2) is 2.09. The molecule has 0 spiro atoms. The lowest BCUT2D eigenvalue weighted by molar-refractivity contribution is 1.69. The van der Waals surface area contributed by atoms with Crippen molar-refractivity contribution < 1.29 is 0 Å². The van der Waals surface area contributed by atoms with E-state index in [2.05, 4.69) is 6.58 Å². The van der Waals surface area contributed by atoms with Gasteiger partial charge in [0.1, 0.15) is 0 Å². The van der Waals surface area contributed by atoms with Crippen LogP contribution < -0.4 is 0 Å². The van der Waals surface area contributed by atoms with Crippen LogP contribution in [0.2, 0.25) is 0 Å². The molecule has 0 aliphatic rings. The highest BCUT2D eigenvalue weighted by Crippen LogP contribution is 1.70. The smallest absolute Gasteiger partial charge is 0.0232 e. The normalized spacial score (nSPS) is 6.60. The lowest BCUT2D eigenvalue weighted by Gasteiger charge is -1.72. The molecule has 0 aliphatic carbocycles. The third-order valence-corrected chi connectivity index (χ3v) is 1.05. The van der Waals surface area contributed by atoms with Crippen LogP contribution in [0.4, 0.5) is 0 Å². The Morgan fingerprint density at radius 3 is 2.20 bits per heavy atom. The topological polar surface area (TPSA) is 0 Å². The van der Waals surface area contributed by atoms with Crippen LogP contribution in [0, 0.1) is 0 Å². The van der Waals surface area contributed by atoms with E-state index in [0.29, 0.717) is 0 Å². The quantitative estimate of drug-likeness (QED) is 0.392. The molecule has 0 saturated heterocycles. The van der Waals surface area contributed by atoms with E-state index in [-0.39, 0.29) is 0 Å². The molecule has 1 heteroatoms. The summed E-state index contributed by atoms with van der Waals surface area (Å²) in [7, 11) is 1.81. The Balaban J connectivity index is 3.20. The molecule has 0 bridgehead atoms. The number of rotatable bonds is 1. The molecule has 5 heavy (non-hydrogen) atoms. The van der Waals surface area contributed by atoms with E-state index in [1.807, 2.05) is 22.5 Å². The minimum atomic E-state index is 1.14. The van der Waals surface area contributed by atoms with Gasteiger partial charge in [-0.05, 0) is 16.8 Å². The van der Waals surface area contributed by atoms with Gasteiger partial charge < -0.3 is 0 Å². The lowest BCUT2D eigenvalue weighted by Crippen LogP contribution is -1.67. The van der Waals surface area contributed by atoms with Crippen LogP contribution in [0.5, 0.6) is 0 Å². The van der Waals surface area contributed by atoms with E-state index in [0.717, 1.165) is 5.57 Å². The largest absolute Gasteiger partial charge is 0.0965 e. The molecule has 0 fully saturated rings. The van der Waals surface area contributed by atoms with E-state index in [4.69, 9.17) is 0 Å². The third kappa shape index (κ3) is 3.83. The predicted molar refractivity (Wildman–Crippen MR) is 29.4 cm³/mol. The van der Waals surface area contributed by atoms with Gasteiger partial charge in [-0.3, -0.25) is 0 Å². The maximum atomic E-state index is 3.62. The first-order valence-corrected chi connectivity index (χ1v) is 2.37. The van der Waals surface area contributed by atoms with Gasteiger partial charge in [-0.25, -0.2) is 0 Å². The van der Waals surface area contributed by atoms with Gasteiger partial charge in [-0.2, -0.15) is 0 Å². The Morgan fingerprint density at radius 2 is 2.20 bits per heavy atom. The summed E-state index contributed by atoms with van der Waals surface area (Å²) in [6.45, 7) is 5.60. The fraction of sp³-hybridized carbons (Fsp3) is 0.250. The summed E-state index contributed by atoms with van der Waals surface area (Å²) in [6, 6.07) is 0. The molecular weight excluding hydrogens is 76.1 g/mol. The minimum Gasteiger partial charge on any atom is -0.0965 e. The summed E-state index contributed by atoms with van der Waals surface area (Å²) >= 11 is 0. The molecule has 0 radical (unpaired) electrons. The molecular formula is C4H8Si. The highest BCUT2D eigenvalue weighted by atomic mass is 28.1. The van der Waals surface area contributed by atoms with Crippen molar-refractivity contribution in [2.45, 2.75) is 6.92 Å².